The summed E-state index contributed by atoms with van der Waals surface area (Å²) in [6.45, 7) is 8.91. The van der Waals surface area contributed by atoms with Crippen LogP contribution in [0.5, 0.6) is 0 Å². The first kappa shape index (κ1) is 18.7. The summed E-state index contributed by atoms with van der Waals surface area (Å²) in [4.78, 5) is 12.2. The van der Waals surface area contributed by atoms with E-state index in [0.29, 0.717) is 24.8 Å². The molecule has 0 fully saturated rings. The van der Waals surface area contributed by atoms with Crippen molar-refractivity contribution in [2.75, 3.05) is 13.7 Å². The van der Waals surface area contributed by atoms with Gasteiger partial charge in [0.2, 0.25) is 5.91 Å². The van der Waals surface area contributed by atoms with Crippen molar-refractivity contribution in [2.24, 2.45) is 11.7 Å². The first-order chi connectivity index (χ1) is 10.4. The highest BCUT2D eigenvalue weighted by Gasteiger charge is 2.20. The lowest BCUT2D eigenvalue weighted by Crippen LogP contribution is -2.36. The molecule has 0 saturated heterocycles. The number of nitrogens with one attached hydrogen (secondary N) is 1. The second-order valence-electron chi connectivity index (χ2n) is 6.41. The number of hydrogen-bond acceptors (Lipinski definition) is 3. The number of carbonyl (C=O) groups is 1. The van der Waals surface area contributed by atoms with Gasteiger partial charge in [-0.25, -0.2) is 0 Å². The van der Waals surface area contributed by atoms with Gasteiger partial charge in [-0.15, -0.1) is 0 Å². The molecule has 2 unspecified atom stereocenters. The van der Waals surface area contributed by atoms with Crippen molar-refractivity contribution in [3.8, 4) is 0 Å². The molecule has 0 aliphatic heterocycles. The summed E-state index contributed by atoms with van der Waals surface area (Å²) in [5.41, 5.74) is 8.01. The van der Waals surface area contributed by atoms with Gasteiger partial charge < -0.3 is 15.8 Å². The molecule has 0 bridgehead atoms. The molecule has 4 heteroatoms. The molecule has 1 rings (SSSR count). The average Bonchev–Trinajstić information content (AvgIpc) is 2.50. The highest BCUT2D eigenvalue weighted by molar-refractivity contribution is 5.77. The van der Waals surface area contributed by atoms with Gasteiger partial charge >= 0.3 is 0 Å². The van der Waals surface area contributed by atoms with Crippen molar-refractivity contribution < 1.29 is 9.53 Å². The van der Waals surface area contributed by atoms with Crippen LogP contribution in [0.25, 0.3) is 0 Å². The van der Waals surface area contributed by atoms with Gasteiger partial charge in [0.05, 0.1) is 18.6 Å². The molecule has 0 aromatic heterocycles. The molecule has 0 spiro atoms. The maximum Gasteiger partial charge on any atom is 0.223 e. The second kappa shape index (κ2) is 8.91. The summed E-state index contributed by atoms with van der Waals surface area (Å²) >= 11 is 0. The maximum atomic E-state index is 12.2. The number of methoxy groups -OCH3 is 1. The third-order valence-corrected chi connectivity index (χ3v) is 3.95. The van der Waals surface area contributed by atoms with Crippen LogP contribution in [0.3, 0.4) is 0 Å². The van der Waals surface area contributed by atoms with E-state index in [2.05, 4.69) is 57.3 Å². The van der Waals surface area contributed by atoms with Crippen LogP contribution >= 0.6 is 0 Å². The molecule has 0 saturated carbocycles. The maximum absolute atomic E-state index is 12.2. The molecule has 3 N–H and O–H groups in total. The van der Waals surface area contributed by atoms with E-state index in [4.69, 9.17) is 10.5 Å². The Morgan fingerprint density at radius 1 is 1.14 bits per heavy atom. The zero-order valence-electron chi connectivity index (χ0n) is 14.4. The molecule has 4 nitrogen and oxygen atoms in total. The van der Waals surface area contributed by atoms with E-state index in [1.807, 2.05) is 0 Å². The van der Waals surface area contributed by atoms with Crippen molar-refractivity contribution in [3.05, 3.63) is 35.4 Å². The van der Waals surface area contributed by atoms with Crippen LogP contribution in [0.2, 0.25) is 0 Å². The highest BCUT2D eigenvalue weighted by Crippen LogP contribution is 2.24. The molecular formula is C18H30N2O2. The van der Waals surface area contributed by atoms with E-state index in [1.165, 1.54) is 5.56 Å². The number of benzene rings is 1. The number of rotatable bonds is 8. The number of carbonyl (C=O) groups excluding carboxylic acids is 1. The van der Waals surface area contributed by atoms with Crippen LogP contribution < -0.4 is 11.1 Å². The predicted octanol–water partition coefficient (Wildman–Crippen LogP) is 2.99. The minimum atomic E-state index is -0.226. The van der Waals surface area contributed by atoms with Gasteiger partial charge in [0.15, 0.2) is 0 Å². The van der Waals surface area contributed by atoms with Crippen LogP contribution in [0.4, 0.5) is 0 Å². The van der Waals surface area contributed by atoms with E-state index in [0.717, 1.165) is 5.56 Å². The topological polar surface area (TPSA) is 64.3 Å². The van der Waals surface area contributed by atoms with Crippen molar-refractivity contribution in [1.82, 2.24) is 5.32 Å². The van der Waals surface area contributed by atoms with Gasteiger partial charge in [-0.05, 0) is 23.0 Å². The molecule has 0 heterocycles. The van der Waals surface area contributed by atoms with E-state index < -0.39 is 0 Å². The van der Waals surface area contributed by atoms with Crippen LogP contribution in [-0.2, 0) is 9.53 Å². The summed E-state index contributed by atoms with van der Waals surface area (Å²) in [6.07, 6.45) is 0.0662. The molecule has 22 heavy (non-hydrogen) atoms. The summed E-state index contributed by atoms with van der Waals surface area (Å²) in [6, 6.07) is 8.50. The minimum absolute atomic E-state index is 0.00370. The van der Waals surface area contributed by atoms with Crippen molar-refractivity contribution in [1.29, 1.82) is 0 Å². The molecular weight excluding hydrogens is 276 g/mol. The lowest BCUT2D eigenvalue weighted by atomic mass is 9.93. The Morgan fingerprint density at radius 3 is 2.09 bits per heavy atom. The fourth-order valence-electron chi connectivity index (χ4n) is 2.43. The lowest BCUT2D eigenvalue weighted by Gasteiger charge is -2.24. The van der Waals surface area contributed by atoms with Crippen LogP contribution in [-0.4, -0.2) is 25.7 Å². The zero-order valence-corrected chi connectivity index (χ0v) is 14.4. The number of hydrogen-bond donors (Lipinski definition) is 2. The van der Waals surface area contributed by atoms with Gasteiger partial charge in [0, 0.05) is 13.7 Å². The molecule has 1 aromatic rings. The van der Waals surface area contributed by atoms with Crippen molar-refractivity contribution in [3.63, 3.8) is 0 Å². The Morgan fingerprint density at radius 2 is 1.68 bits per heavy atom. The highest BCUT2D eigenvalue weighted by atomic mass is 16.5. The minimum Gasteiger partial charge on any atom is -0.380 e. The standard InChI is InChI=1S/C18H30N2O2/c1-12(2)14-6-8-15(9-7-14)18(13(3)4)20-17(21)10-16(11-19)22-5/h6-9,12-13,16,18H,10-11,19H2,1-5H3,(H,20,21). The Hall–Kier alpha value is -1.39. The third-order valence-electron chi connectivity index (χ3n) is 3.95. The third kappa shape index (κ3) is 5.43. The Bertz CT molecular complexity index is 451. The molecule has 0 radical (unpaired) electrons. The normalized spacial score (nSPS) is 14.2. The van der Waals surface area contributed by atoms with Gasteiger partial charge in [-0.1, -0.05) is 52.0 Å². The number of ether oxygens (including phenoxy) is 1. The quantitative estimate of drug-likeness (QED) is 0.776. The summed E-state index contributed by atoms with van der Waals surface area (Å²) < 4.78 is 5.17. The Balaban J connectivity index is 2.79. The van der Waals surface area contributed by atoms with Crippen LogP contribution in [0, 0.1) is 5.92 Å². The van der Waals surface area contributed by atoms with E-state index in [9.17, 15) is 4.79 Å². The largest absolute Gasteiger partial charge is 0.380 e. The summed E-state index contributed by atoms with van der Waals surface area (Å²) in [5, 5.41) is 3.11. The van der Waals surface area contributed by atoms with Gasteiger partial charge in [-0.3, -0.25) is 4.79 Å². The molecule has 2 atom stereocenters. The van der Waals surface area contributed by atoms with Gasteiger partial charge in [0.1, 0.15) is 0 Å². The van der Waals surface area contributed by atoms with Gasteiger partial charge in [-0.2, -0.15) is 0 Å². The average molecular weight is 306 g/mol. The Kier molecular flexibility index (Phi) is 7.56. The van der Waals surface area contributed by atoms with Crippen LogP contribution in [0.15, 0.2) is 24.3 Å². The van der Waals surface area contributed by atoms with E-state index in [-0.39, 0.29) is 18.1 Å². The smallest absolute Gasteiger partial charge is 0.223 e. The molecule has 0 aliphatic carbocycles. The van der Waals surface area contributed by atoms with Crippen LogP contribution in [0.1, 0.15) is 57.2 Å². The summed E-state index contributed by atoms with van der Waals surface area (Å²) in [5.74, 6) is 0.796. The monoisotopic (exact) mass is 306 g/mol. The molecule has 1 amide bonds. The number of amides is 1. The van der Waals surface area contributed by atoms with Gasteiger partial charge in [0.25, 0.3) is 0 Å². The second-order valence-corrected chi connectivity index (χ2v) is 6.41. The summed E-state index contributed by atoms with van der Waals surface area (Å²) in [7, 11) is 1.58. The molecule has 1 aromatic carbocycles. The van der Waals surface area contributed by atoms with E-state index >= 15 is 0 Å². The van der Waals surface area contributed by atoms with Crippen molar-refractivity contribution >= 4 is 5.91 Å². The zero-order chi connectivity index (χ0) is 16.7. The molecule has 0 aliphatic rings. The fourth-order valence-corrected chi connectivity index (χ4v) is 2.43. The Labute approximate surface area is 134 Å². The fraction of sp³-hybridized carbons (Fsp3) is 0.611. The predicted molar refractivity (Wildman–Crippen MR) is 90.7 cm³/mol. The first-order valence-electron chi connectivity index (χ1n) is 8.01. The molecule has 124 valence electrons. The first-order valence-corrected chi connectivity index (χ1v) is 8.01. The number of nitrogens with two attached hydrogens (primary N) is 1. The lowest BCUT2D eigenvalue weighted by molar-refractivity contribution is -0.124. The SMILES string of the molecule is COC(CN)CC(=O)NC(c1ccc(C(C)C)cc1)C(C)C. The van der Waals surface area contributed by atoms with Crippen molar-refractivity contribution in [2.45, 2.75) is 52.2 Å². The van der Waals surface area contributed by atoms with E-state index in [1.54, 1.807) is 7.11 Å².